The second kappa shape index (κ2) is 7.77. The van der Waals surface area contributed by atoms with Crippen molar-refractivity contribution in [2.75, 3.05) is 26.2 Å². The van der Waals surface area contributed by atoms with Crippen LogP contribution < -0.4 is 0 Å². The number of amides is 2. The Morgan fingerprint density at radius 2 is 1.67 bits per heavy atom. The van der Waals surface area contributed by atoms with Crippen LogP contribution in [0.15, 0.2) is 36.5 Å². The molecule has 1 aromatic heterocycles. The van der Waals surface area contributed by atoms with Crippen LogP contribution in [0.2, 0.25) is 0 Å². The maximum absolute atomic E-state index is 12.8. The maximum atomic E-state index is 12.8. The summed E-state index contributed by atoms with van der Waals surface area (Å²) < 4.78 is 5.42. The lowest BCUT2D eigenvalue weighted by Crippen LogP contribution is -2.40. The monoisotopic (exact) mass is 371 g/mol. The van der Waals surface area contributed by atoms with Crippen molar-refractivity contribution in [1.29, 1.82) is 0 Å². The average Bonchev–Trinajstić information content (AvgIpc) is 2.98. The van der Waals surface area contributed by atoms with E-state index in [1.165, 1.54) is 11.0 Å². The molecule has 1 fully saturated rings. The molecule has 0 saturated carbocycles. The fourth-order valence-corrected chi connectivity index (χ4v) is 2.84. The zero-order valence-electron chi connectivity index (χ0n) is 16.0. The van der Waals surface area contributed by atoms with Gasteiger partial charge in [-0.1, -0.05) is 18.2 Å². The lowest BCUT2D eigenvalue weighted by molar-refractivity contribution is 0.0255. The van der Waals surface area contributed by atoms with Crippen LogP contribution in [0.3, 0.4) is 0 Å². The fourth-order valence-electron chi connectivity index (χ4n) is 2.84. The van der Waals surface area contributed by atoms with Crippen LogP contribution in [0.25, 0.3) is 5.69 Å². The van der Waals surface area contributed by atoms with Crippen molar-refractivity contribution in [2.24, 2.45) is 0 Å². The molecule has 8 heteroatoms. The number of carbonyl (C=O) groups excluding carboxylic acids is 2. The van der Waals surface area contributed by atoms with Crippen LogP contribution in [0.5, 0.6) is 0 Å². The lowest BCUT2D eigenvalue weighted by Gasteiger charge is -2.26. The predicted molar refractivity (Wildman–Crippen MR) is 99.7 cm³/mol. The van der Waals surface area contributed by atoms with Gasteiger partial charge in [0.2, 0.25) is 0 Å². The van der Waals surface area contributed by atoms with Gasteiger partial charge in [-0.3, -0.25) is 4.79 Å². The van der Waals surface area contributed by atoms with Crippen molar-refractivity contribution >= 4 is 12.0 Å². The zero-order chi connectivity index (χ0) is 19.4. The van der Waals surface area contributed by atoms with E-state index in [4.69, 9.17) is 4.74 Å². The summed E-state index contributed by atoms with van der Waals surface area (Å²) in [6.45, 7) is 7.54. The summed E-state index contributed by atoms with van der Waals surface area (Å²) in [6, 6.07) is 9.44. The topological polar surface area (TPSA) is 80.6 Å². The second-order valence-electron chi connectivity index (χ2n) is 7.47. The van der Waals surface area contributed by atoms with Gasteiger partial charge >= 0.3 is 6.09 Å². The Kier molecular flexibility index (Phi) is 5.43. The second-order valence-corrected chi connectivity index (χ2v) is 7.47. The third-order valence-electron chi connectivity index (χ3n) is 4.13. The Morgan fingerprint density at radius 3 is 2.37 bits per heavy atom. The van der Waals surface area contributed by atoms with E-state index in [-0.39, 0.29) is 12.0 Å². The van der Waals surface area contributed by atoms with Crippen molar-refractivity contribution in [1.82, 2.24) is 24.8 Å². The molecule has 0 aliphatic carbocycles. The van der Waals surface area contributed by atoms with Crippen LogP contribution >= 0.6 is 0 Å². The Hall–Kier alpha value is -2.90. The minimum absolute atomic E-state index is 0.178. The highest BCUT2D eigenvalue weighted by Gasteiger charge is 2.27. The van der Waals surface area contributed by atoms with Gasteiger partial charge < -0.3 is 14.5 Å². The van der Waals surface area contributed by atoms with Gasteiger partial charge in [0.1, 0.15) is 5.60 Å². The molecule has 1 aliphatic heterocycles. The first-order valence-corrected chi connectivity index (χ1v) is 9.08. The Labute approximate surface area is 158 Å². The fraction of sp³-hybridized carbons (Fsp3) is 0.474. The lowest BCUT2D eigenvalue weighted by atomic mass is 10.2. The molecule has 0 radical (unpaired) electrons. The third-order valence-corrected chi connectivity index (χ3v) is 4.13. The van der Waals surface area contributed by atoms with E-state index in [1.807, 2.05) is 51.1 Å². The molecule has 8 nitrogen and oxygen atoms in total. The number of hydrogen-bond donors (Lipinski definition) is 0. The Bertz CT molecular complexity index is 797. The largest absolute Gasteiger partial charge is 0.444 e. The molecule has 1 aromatic carbocycles. The van der Waals surface area contributed by atoms with Gasteiger partial charge in [0.25, 0.3) is 5.91 Å². The molecule has 3 rings (SSSR count). The highest BCUT2D eigenvalue weighted by molar-refractivity contribution is 5.92. The van der Waals surface area contributed by atoms with Crippen molar-refractivity contribution < 1.29 is 14.3 Å². The number of benzene rings is 1. The van der Waals surface area contributed by atoms with Crippen molar-refractivity contribution in [2.45, 2.75) is 32.8 Å². The van der Waals surface area contributed by atoms with E-state index in [9.17, 15) is 9.59 Å². The van der Waals surface area contributed by atoms with Gasteiger partial charge in [0.05, 0.1) is 11.9 Å². The molecule has 0 spiro atoms. The van der Waals surface area contributed by atoms with E-state index in [0.717, 1.165) is 5.69 Å². The highest BCUT2D eigenvalue weighted by Crippen LogP contribution is 2.13. The molecule has 1 aliphatic rings. The van der Waals surface area contributed by atoms with Crippen LogP contribution in [0, 0.1) is 0 Å². The first-order valence-electron chi connectivity index (χ1n) is 9.08. The number of carbonyl (C=O) groups is 2. The SMILES string of the molecule is CC(C)(C)OC(=O)N1CCCN(C(=O)c2cnn(-c3ccccc3)n2)CC1. The van der Waals surface area contributed by atoms with E-state index >= 15 is 0 Å². The maximum Gasteiger partial charge on any atom is 0.410 e. The van der Waals surface area contributed by atoms with E-state index < -0.39 is 5.60 Å². The quantitative estimate of drug-likeness (QED) is 0.809. The number of para-hydroxylation sites is 1. The number of nitrogens with zero attached hydrogens (tertiary/aromatic N) is 5. The van der Waals surface area contributed by atoms with Gasteiger partial charge in [-0.15, -0.1) is 5.10 Å². The summed E-state index contributed by atoms with van der Waals surface area (Å²) in [6.07, 6.45) is 1.83. The third kappa shape index (κ3) is 4.84. The molecule has 2 heterocycles. The highest BCUT2D eigenvalue weighted by atomic mass is 16.6. The molecule has 144 valence electrons. The predicted octanol–water partition coefficient (Wildman–Crippen LogP) is 2.35. The van der Waals surface area contributed by atoms with E-state index in [2.05, 4.69) is 10.2 Å². The summed E-state index contributed by atoms with van der Waals surface area (Å²) in [5, 5.41) is 8.48. The minimum Gasteiger partial charge on any atom is -0.444 e. The number of ether oxygens (including phenoxy) is 1. The Morgan fingerprint density at radius 1 is 1.00 bits per heavy atom. The van der Waals surface area contributed by atoms with Crippen molar-refractivity contribution in [3.8, 4) is 5.69 Å². The number of rotatable bonds is 2. The Balaban J connectivity index is 1.63. The summed E-state index contributed by atoms with van der Waals surface area (Å²) in [5.74, 6) is -0.178. The van der Waals surface area contributed by atoms with E-state index in [0.29, 0.717) is 38.3 Å². The number of aromatic nitrogens is 3. The number of hydrogen-bond acceptors (Lipinski definition) is 5. The van der Waals surface area contributed by atoms with Gasteiger partial charge in [-0.2, -0.15) is 9.90 Å². The minimum atomic E-state index is -0.533. The smallest absolute Gasteiger partial charge is 0.410 e. The molecule has 0 bridgehead atoms. The molecule has 2 aromatic rings. The molecule has 27 heavy (non-hydrogen) atoms. The summed E-state index contributed by atoms with van der Waals surface area (Å²) in [4.78, 5) is 29.8. The van der Waals surface area contributed by atoms with Crippen molar-refractivity contribution in [3.05, 3.63) is 42.2 Å². The van der Waals surface area contributed by atoms with Crippen LogP contribution in [0.4, 0.5) is 4.79 Å². The van der Waals surface area contributed by atoms with Gasteiger partial charge in [0, 0.05) is 26.2 Å². The molecule has 1 saturated heterocycles. The van der Waals surface area contributed by atoms with Crippen molar-refractivity contribution in [3.63, 3.8) is 0 Å². The van der Waals surface area contributed by atoms with E-state index in [1.54, 1.807) is 9.80 Å². The average molecular weight is 371 g/mol. The standard InChI is InChI=1S/C19H25N5O3/c1-19(2,3)27-18(26)23-11-7-10-22(12-13-23)17(25)16-14-20-24(21-16)15-8-5-4-6-9-15/h4-6,8-9,14H,7,10-13H2,1-3H3. The van der Waals surface area contributed by atoms with Crippen LogP contribution in [-0.4, -0.2) is 68.6 Å². The summed E-state index contributed by atoms with van der Waals surface area (Å²) >= 11 is 0. The van der Waals surface area contributed by atoms with Crippen LogP contribution in [-0.2, 0) is 4.74 Å². The summed E-state index contributed by atoms with van der Waals surface area (Å²) in [7, 11) is 0. The van der Waals surface area contributed by atoms with Gasteiger partial charge in [-0.25, -0.2) is 4.79 Å². The van der Waals surface area contributed by atoms with Gasteiger partial charge in [-0.05, 0) is 39.3 Å². The molecule has 2 amide bonds. The normalized spacial score (nSPS) is 15.4. The summed E-state index contributed by atoms with van der Waals surface area (Å²) in [5.41, 5.74) is 0.558. The molecule has 0 atom stereocenters. The first-order chi connectivity index (χ1) is 12.8. The zero-order valence-corrected chi connectivity index (χ0v) is 16.0. The molecular weight excluding hydrogens is 346 g/mol. The molecular formula is C19H25N5O3. The molecule has 0 N–H and O–H groups in total. The van der Waals surface area contributed by atoms with Gasteiger partial charge in [0.15, 0.2) is 5.69 Å². The first kappa shape index (κ1) is 18.9. The van der Waals surface area contributed by atoms with Crippen LogP contribution in [0.1, 0.15) is 37.7 Å². The molecule has 0 unspecified atom stereocenters.